The summed E-state index contributed by atoms with van der Waals surface area (Å²) in [6.07, 6.45) is -0.293. The van der Waals surface area contributed by atoms with Gasteiger partial charge in [-0.05, 0) is 18.2 Å². The number of carbonyl (C=O) groups is 2. The molecule has 0 bridgehead atoms. The van der Waals surface area contributed by atoms with E-state index < -0.39 is 38.6 Å². The number of rotatable bonds is 3. The third kappa shape index (κ3) is 2.49. The van der Waals surface area contributed by atoms with Gasteiger partial charge >= 0.3 is 0 Å². The average Bonchev–Trinajstić information content (AvgIpc) is 2.59. The smallest absolute Gasteiger partial charge is 0.247 e. The van der Waals surface area contributed by atoms with Gasteiger partial charge in [0, 0.05) is 12.7 Å². The largest absolute Gasteiger partial charge is 0.399 e. The molecule has 0 spiro atoms. The van der Waals surface area contributed by atoms with Crippen LogP contribution < -0.4 is 10.5 Å². The van der Waals surface area contributed by atoms with Crippen LogP contribution in [0.2, 0.25) is 0 Å². The van der Waals surface area contributed by atoms with Crippen LogP contribution in [0, 0.1) is 5.82 Å². The summed E-state index contributed by atoms with van der Waals surface area (Å²) in [7, 11) is -3.03. The lowest BCUT2D eigenvalue weighted by Crippen LogP contribution is -2.40. The maximum Gasteiger partial charge on any atom is 0.247 e. The lowest BCUT2D eigenvalue weighted by atomic mass is 10.3. The topological polar surface area (TPSA) is 110 Å². The number of nitrogens with two attached hydrogens (primary N) is 1. The van der Waals surface area contributed by atoms with E-state index >= 15 is 0 Å². The Hall–Kier alpha value is -2.00. The number of anilines is 1. The van der Waals surface area contributed by atoms with Crippen LogP contribution >= 0.6 is 0 Å². The van der Waals surface area contributed by atoms with Gasteiger partial charge in [0.1, 0.15) is 16.8 Å². The number of nitrogens with one attached hydrogen (secondary N) is 1. The number of likely N-dealkylation sites (tertiary alicyclic amines) is 1. The fraction of sp³-hybridized carbons (Fsp3) is 0.273. The highest BCUT2D eigenvalue weighted by Gasteiger charge is 2.39. The summed E-state index contributed by atoms with van der Waals surface area (Å²) in [4.78, 5) is 23.1. The van der Waals surface area contributed by atoms with E-state index in [1.165, 1.54) is 13.1 Å². The summed E-state index contributed by atoms with van der Waals surface area (Å²) in [5.41, 5.74) is 5.48. The molecule has 3 N–H and O–H groups in total. The second-order valence-electron chi connectivity index (χ2n) is 4.36. The molecule has 0 radical (unpaired) electrons. The van der Waals surface area contributed by atoms with E-state index in [-0.39, 0.29) is 12.1 Å². The second-order valence-corrected chi connectivity index (χ2v) is 6.04. The second kappa shape index (κ2) is 4.84. The van der Waals surface area contributed by atoms with Crippen molar-refractivity contribution in [3.63, 3.8) is 0 Å². The molecule has 9 heteroatoms. The van der Waals surface area contributed by atoms with Crippen LogP contribution in [0.1, 0.15) is 6.42 Å². The molecule has 1 unspecified atom stereocenters. The van der Waals surface area contributed by atoms with Crippen molar-refractivity contribution in [1.82, 2.24) is 9.62 Å². The molecule has 2 rings (SSSR count). The summed E-state index contributed by atoms with van der Waals surface area (Å²) in [5.74, 6) is -2.17. The van der Waals surface area contributed by atoms with Crippen LogP contribution in [-0.4, -0.2) is 38.2 Å². The fourth-order valence-electron chi connectivity index (χ4n) is 1.82. The van der Waals surface area contributed by atoms with E-state index in [0.717, 1.165) is 17.0 Å². The van der Waals surface area contributed by atoms with E-state index in [0.29, 0.717) is 0 Å². The van der Waals surface area contributed by atoms with Gasteiger partial charge < -0.3 is 5.73 Å². The molecule has 20 heavy (non-hydrogen) atoms. The van der Waals surface area contributed by atoms with Gasteiger partial charge in [-0.15, -0.1) is 0 Å². The van der Waals surface area contributed by atoms with Gasteiger partial charge in [-0.2, -0.15) is 4.72 Å². The standard InChI is InChI=1S/C11H12FN3O4S/c1-15-10(16)5-8(11(15)17)14-20(18,19)9-4-6(13)2-3-7(9)12/h2-4,8,14H,5,13H2,1H3. The molecular weight excluding hydrogens is 289 g/mol. The molecule has 1 saturated heterocycles. The zero-order chi connectivity index (χ0) is 15.1. The molecule has 1 fully saturated rings. The molecule has 0 aromatic heterocycles. The first kappa shape index (κ1) is 14.4. The van der Waals surface area contributed by atoms with Gasteiger partial charge in [-0.1, -0.05) is 0 Å². The van der Waals surface area contributed by atoms with E-state index in [9.17, 15) is 22.4 Å². The van der Waals surface area contributed by atoms with E-state index in [2.05, 4.69) is 0 Å². The van der Waals surface area contributed by atoms with Gasteiger partial charge in [0.25, 0.3) is 0 Å². The third-order valence-corrected chi connectivity index (χ3v) is 4.41. The minimum atomic E-state index is -4.28. The Morgan fingerprint density at radius 3 is 2.60 bits per heavy atom. The first-order valence-electron chi connectivity index (χ1n) is 5.60. The molecule has 1 atom stereocenters. The maximum absolute atomic E-state index is 13.6. The van der Waals surface area contributed by atoms with Crippen molar-refractivity contribution in [2.75, 3.05) is 12.8 Å². The lowest BCUT2D eigenvalue weighted by molar-refractivity contribution is -0.137. The lowest BCUT2D eigenvalue weighted by Gasteiger charge is -2.12. The van der Waals surface area contributed by atoms with E-state index in [1.54, 1.807) is 0 Å². The molecule has 7 nitrogen and oxygen atoms in total. The van der Waals surface area contributed by atoms with Gasteiger partial charge in [0.15, 0.2) is 0 Å². The minimum absolute atomic E-state index is 0.0673. The Morgan fingerprint density at radius 1 is 1.40 bits per heavy atom. The monoisotopic (exact) mass is 301 g/mol. The molecule has 0 saturated carbocycles. The Morgan fingerprint density at radius 2 is 2.05 bits per heavy atom. The predicted octanol–water partition coefficient (Wildman–Crippen LogP) is -0.557. The Bertz CT molecular complexity index is 689. The molecule has 1 aliphatic rings. The summed E-state index contributed by atoms with van der Waals surface area (Å²) >= 11 is 0. The summed E-state index contributed by atoms with van der Waals surface area (Å²) in [6, 6.07) is 1.85. The molecule has 1 aromatic carbocycles. The predicted molar refractivity (Wildman–Crippen MR) is 67.3 cm³/mol. The van der Waals surface area contributed by atoms with Gasteiger partial charge in [-0.25, -0.2) is 12.8 Å². The number of imide groups is 1. The van der Waals surface area contributed by atoms with Crippen molar-refractivity contribution in [2.24, 2.45) is 0 Å². The van der Waals surface area contributed by atoms with E-state index in [1.807, 2.05) is 4.72 Å². The maximum atomic E-state index is 13.6. The van der Waals surface area contributed by atoms with Crippen LogP contribution in [-0.2, 0) is 19.6 Å². The molecule has 2 amide bonds. The quantitative estimate of drug-likeness (QED) is 0.574. The Balaban J connectivity index is 2.31. The van der Waals surface area contributed by atoms with Crippen LogP contribution in [0.15, 0.2) is 23.1 Å². The number of hydrogen-bond acceptors (Lipinski definition) is 5. The zero-order valence-electron chi connectivity index (χ0n) is 10.5. The number of likely N-dealkylation sites (N-methyl/N-ethyl adjacent to an activating group) is 1. The average molecular weight is 301 g/mol. The molecule has 108 valence electrons. The van der Waals surface area contributed by atoms with Crippen molar-refractivity contribution in [3.8, 4) is 0 Å². The number of carbonyl (C=O) groups excluding carboxylic acids is 2. The summed E-state index contributed by atoms with van der Waals surface area (Å²) in [6.45, 7) is 0. The normalized spacial score (nSPS) is 19.7. The third-order valence-electron chi connectivity index (χ3n) is 2.92. The van der Waals surface area contributed by atoms with Crippen molar-refractivity contribution in [2.45, 2.75) is 17.4 Å². The number of nitrogens with zero attached hydrogens (tertiary/aromatic N) is 1. The van der Waals surface area contributed by atoms with Gasteiger partial charge in [-0.3, -0.25) is 14.5 Å². The Kier molecular flexibility index (Phi) is 3.48. The SMILES string of the molecule is CN1C(=O)CC(NS(=O)(=O)c2cc(N)ccc2F)C1=O. The highest BCUT2D eigenvalue weighted by Crippen LogP contribution is 2.20. The number of amides is 2. The van der Waals surface area contributed by atoms with Crippen molar-refractivity contribution >= 4 is 27.5 Å². The van der Waals surface area contributed by atoms with Crippen molar-refractivity contribution in [1.29, 1.82) is 0 Å². The number of benzene rings is 1. The minimum Gasteiger partial charge on any atom is -0.399 e. The number of nitrogen functional groups attached to an aromatic ring is 1. The van der Waals surface area contributed by atoms with Crippen LogP contribution in [0.3, 0.4) is 0 Å². The highest BCUT2D eigenvalue weighted by atomic mass is 32.2. The highest BCUT2D eigenvalue weighted by molar-refractivity contribution is 7.89. The number of halogens is 1. The number of hydrogen-bond donors (Lipinski definition) is 2. The fourth-order valence-corrected chi connectivity index (χ4v) is 3.13. The van der Waals surface area contributed by atoms with E-state index in [4.69, 9.17) is 5.73 Å². The van der Waals surface area contributed by atoms with Crippen molar-refractivity contribution in [3.05, 3.63) is 24.0 Å². The van der Waals surface area contributed by atoms with Gasteiger partial charge in [0.2, 0.25) is 21.8 Å². The van der Waals surface area contributed by atoms with Crippen LogP contribution in [0.4, 0.5) is 10.1 Å². The summed E-state index contributed by atoms with van der Waals surface area (Å²) in [5, 5.41) is 0. The molecule has 1 aliphatic heterocycles. The first-order chi connectivity index (χ1) is 9.22. The first-order valence-corrected chi connectivity index (χ1v) is 7.08. The Labute approximate surface area is 114 Å². The zero-order valence-corrected chi connectivity index (χ0v) is 11.3. The molecule has 1 heterocycles. The van der Waals surface area contributed by atoms with Gasteiger partial charge in [0.05, 0.1) is 6.42 Å². The molecular formula is C11H12FN3O4S. The summed E-state index contributed by atoms with van der Waals surface area (Å²) < 4.78 is 39.6. The van der Waals surface area contributed by atoms with Crippen LogP contribution in [0.25, 0.3) is 0 Å². The molecule has 0 aliphatic carbocycles. The molecule has 1 aromatic rings. The van der Waals surface area contributed by atoms with Crippen LogP contribution in [0.5, 0.6) is 0 Å². The van der Waals surface area contributed by atoms with Crippen molar-refractivity contribution < 1.29 is 22.4 Å². The number of sulfonamides is 1.